The maximum Gasteiger partial charge on any atom is 0.251 e. The van der Waals surface area contributed by atoms with Crippen LogP contribution in [0.25, 0.3) is 10.1 Å². The number of amides is 1. The molecule has 8 heteroatoms. The molecule has 29 heavy (non-hydrogen) atoms. The Bertz CT molecular complexity index is 913. The number of halogens is 1. The molecule has 154 valence electrons. The number of nitrogens with one attached hydrogen (secondary N) is 3. The van der Waals surface area contributed by atoms with Crippen LogP contribution in [0.2, 0.25) is 0 Å². The van der Waals surface area contributed by atoms with Crippen molar-refractivity contribution in [3.63, 3.8) is 0 Å². The molecule has 0 saturated carbocycles. The summed E-state index contributed by atoms with van der Waals surface area (Å²) in [6, 6.07) is 19.2. The third kappa shape index (κ3) is 6.69. The Morgan fingerprint density at radius 1 is 1.03 bits per heavy atom. The third-order valence-corrected chi connectivity index (χ3v) is 5.42. The molecule has 0 aliphatic heterocycles. The number of fused-ring (bicyclic) bond motifs is 1. The Kier molecular flexibility index (Phi) is 9.36. The van der Waals surface area contributed by atoms with Gasteiger partial charge in [0.25, 0.3) is 5.91 Å². The first-order valence-electron chi connectivity index (χ1n) is 9.11. The number of guanidine groups is 1. The van der Waals surface area contributed by atoms with Crippen LogP contribution in [0.3, 0.4) is 0 Å². The van der Waals surface area contributed by atoms with E-state index in [0.29, 0.717) is 31.2 Å². The molecule has 1 aromatic heterocycles. The van der Waals surface area contributed by atoms with Crippen molar-refractivity contribution < 1.29 is 9.90 Å². The fraction of sp³-hybridized carbons (Fsp3) is 0.238. The molecule has 6 nitrogen and oxygen atoms in total. The smallest absolute Gasteiger partial charge is 0.251 e. The maximum atomic E-state index is 12.0. The van der Waals surface area contributed by atoms with E-state index in [-0.39, 0.29) is 29.9 Å². The first-order chi connectivity index (χ1) is 13.7. The fourth-order valence-electron chi connectivity index (χ4n) is 2.73. The Labute approximate surface area is 191 Å². The van der Waals surface area contributed by atoms with Crippen molar-refractivity contribution in [2.24, 2.45) is 4.99 Å². The number of hydrogen-bond acceptors (Lipinski definition) is 4. The Balaban J connectivity index is 0.00000300. The highest BCUT2D eigenvalue weighted by Gasteiger charge is 2.12. The zero-order valence-electron chi connectivity index (χ0n) is 16.1. The van der Waals surface area contributed by atoms with Crippen molar-refractivity contribution >= 4 is 57.3 Å². The van der Waals surface area contributed by atoms with Crippen LogP contribution in [0.15, 0.2) is 65.7 Å². The molecule has 0 aliphatic rings. The average molecular weight is 524 g/mol. The summed E-state index contributed by atoms with van der Waals surface area (Å²) in [5.41, 5.74) is 0.636. The number of thiophene rings is 1. The van der Waals surface area contributed by atoms with E-state index >= 15 is 0 Å². The normalized spacial score (nSPS) is 12.1. The predicted molar refractivity (Wildman–Crippen MR) is 130 cm³/mol. The van der Waals surface area contributed by atoms with E-state index in [2.05, 4.69) is 20.9 Å². The molecule has 1 unspecified atom stereocenters. The number of rotatable bonds is 7. The molecule has 1 heterocycles. The Hall–Kier alpha value is -2.17. The van der Waals surface area contributed by atoms with Crippen LogP contribution in [-0.4, -0.2) is 43.7 Å². The highest BCUT2D eigenvalue weighted by Crippen LogP contribution is 2.29. The van der Waals surface area contributed by atoms with Crippen LogP contribution >= 0.6 is 35.3 Å². The van der Waals surface area contributed by atoms with Crippen molar-refractivity contribution in [2.45, 2.75) is 6.10 Å². The number of aliphatic imine (C=N–C) groups is 1. The lowest BCUT2D eigenvalue weighted by Gasteiger charge is -2.15. The Morgan fingerprint density at radius 3 is 2.45 bits per heavy atom. The standard InChI is InChI=1S/C21H24N4O2S.HI/c1-22-21(24-12-11-23-20(27)15-7-3-2-4-8-15)25-14-17(26)19-13-16-9-5-6-10-18(16)28-19;/h2-10,13,17,26H,11-12,14H2,1H3,(H,23,27)(H2,22,24,25);1H. The molecular formula is C21H25IN4O2S. The molecule has 3 rings (SSSR count). The number of carbonyl (C=O) groups excluding carboxylic acids is 1. The molecule has 0 radical (unpaired) electrons. The van der Waals surface area contributed by atoms with Crippen LogP contribution in [-0.2, 0) is 0 Å². The van der Waals surface area contributed by atoms with Gasteiger partial charge in [0.1, 0.15) is 6.10 Å². The summed E-state index contributed by atoms with van der Waals surface area (Å²) in [4.78, 5) is 17.0. The maximum absolute atomic E-state index is 12.0. The fourth-order valence-corrected chi connectivity index (χ4v) is 3.78. The van der Waals surface area contributed by atoms with Gasteiger partial charge in [0.05, 0.1) is 0 Å². The molecule has 2 aromatic carbocycles. The minimum absolute atomic E-state index is 0. The lowest BCUT2D eigenvalue weighted by Crippen LogP contribution is -2.42. The van der Waals surface area contributed by atoms with Gasteiger partial charge in [-0.2, -0.15) is 0 Å². The summed E-state index contributed by atoms with van der Waals surface area (Å²) in [6.45, 7) is 1.34. The molecule has 1 amide bonds. The number of aliphatic hydroxyl groups is 1. The van der Waals surface area contributed by atoms with E-state index < -0.39 is 6.10 Å². The van der Waals surface area contributed by atoms with Crippen LogP contribution in [0.4, 0.5) is 0 Å². The second kappa shape index (κ2) is 11.7. The van der Waals surface area contributed by atoms with Gasteiger partial charge < -0.3 is 21.1 Å². The first kappa shape index (κ1) is 23.1. The molecule has 0 aliphatic carbocycles. The highest BCUT2D eigenvalue weighted by molar-refractivity contribution is 14.0. The van der Waals surface area contributed by atoms with Gasteiger partial charge in [0.2, 0.25) is 0 Å². The molecule has 0 fully saturated rings. The molecular weight excluding hydrogens is 499 g/mol. The van der Waals surface area contributed by atoms with Crippen molar-refractivity contribution in [1.82, 2.24) is 16.0 Å². The van der Waals surface area contributed by atoms with Gasteiger partial charge in [0.15, 0.2) is 5.96 Å². The van der Waals surface area contributed by atoms with E-state index in [9.17, 15) is 9.90 Å². The van der Waals surface area contributed by atoms with E-state index in [1.165, 1.54) is 0 Å². The lowest BCUT2D eigenvalue weighted by atomic mass is 10.2. The van der Waals surface area contributed by atoms with Gasteiger partial charge in [-0.3, -0.25) is 9.79 Å². The highest BCUT2D eigenvalue weighted by atomic mass is 127. The number of nitrogens with zero attached hydrogens (tertiary/aromatic N) is 1. The monoisotopic (exact) mass is 524 g/mol. The summed E-state index contributed by atoms with van der Waals surface area (Å²) in [6.07, 6.45) is -0.617. The average Bonchev–Trinajstić information content (AvgIpc) is 3.18. The van der Waals surface area contributed by atoms with Gasteiger partial charge in [-0.15, -0.1) is 35.3 Å². The minimum Gasteiger partial charge on any atom is -0.386 e. The first-order valence-corrected chi connectivity index (χ1v) is 9.93. The number of aliphatic hydroxyl groups excluding tert-OH is 1. The van der Waals surface area contributed by atoms with Crippen molar-refractivity contribution in [2.75, 3.05) is 26.7 Å². The molecule has 0 saturated heterocycles. The Morgan fingerprint density at radius 2 is 1.72 bits per heavy atom. The quantitative estimate of drug-likeness (QED) is 0.166. The molecule has 4 N–H and O–H groups in total. The van der Waals surface area contributed by atoms with Crippen LogP contribution < -0.4 is 16.0 Å². The summed E-state index contributed by atoms with van der Waals surface area (Å²) in [7, 11) is 1.67. The zero-order chi connectivity index (χ0) is 19.8. The summed E-state index contributed by atoms with van der Waals surface area (Å²) in [5.74, 6) is 0.472. The van der Waals surface area contributed by atoms with Crippen molar-refractivity contribution in [3.05, 3.63) is 71.1 Å². The minimum atomic E-state index is -0.617. The molecule has 1 atom stereocenters. The van der Waals surface area contributed by atoms with E-state index in [1.54, 1.807) is 30.5 Å². The van der Waals surface area contributed by atoms with Gasteiger partial charge >= 0.3 is 0 Å². The summed E-state index contributed by atoms with van der Waals surface area (Å²) >= 11 is 1.59. The van der Waals surface area contributed by atoms with Gasteiger partial charge in [0, 0.05) is 41.8 Å². The van der Waals surface area contributed by atoms with E-state index in [4.69, 9.17) is 0 Å². The second-order valence-electron chi connectivity index (χ2n) is 6.20. The zero-order valence-corrected chi connectivity index (χ0v) is 19.2. The largest absolute Gasteiger partial charge is 0.386 e. The molecule has 3 aromatic rings. The third-order valence-electron chi connectivity index (χ3n) is 4.20. The molecule has 0 spiro atoms. The van der Waals surface area contributed by atoms with Crippen LogP contribution in [0, 0.1) is 0 Å². The lowest BCUT2D eigenvalue weighted by molar-refractivity contribution is 0.0954. The molecule has 0 bridgehead atoms. The van der Waals surface area contributed by atoms with E-state index in [1.807, 2.05) is 48.5 Å². The van der Waals surface area contributed by atoms with E-state index in [0.717, 1.165) is 15.0 Å². The number of carbonyl (C=O) groups is 1. The summed E-state index contributed by atoms with van der Waals surface area (Å²) in [5, 5.41) is 20.7. The SMILES string of the molecule is CN=C(NCCNC(=O)c1ccccc1)NCC(O)c1cc2ccccc2s1.I. The number of hydrogen-bond donors (Lipinski definition) is 4. The van der Waals surface area contributed by atoms with Crippen molar-refractivity contribution in [1.29, 1.82) is 0 Å². The topological polar surface area (TPSA) is 85.8 Å². The van der Waals surface area contributed by atoms with Crippen molar-refractivity contribution in [3.8, 4) is 0 Å². The van der Waals surface area contributed by atoms with Gasteiger partial charge in [-0.1, -0.05) is 36.4 Å². The van der Waals surface area contributed by atoms with Crippen LogP contribution in [0.1, 0.15) is 21.3 Å². The van der Waals surface area contributed by atoms with Gasteiger partial charge in [-0.25, -0.2) is 0 Å². The number of benzene rings is 2. The second-order valence-corrected chi connectivity index (χ2v) is 7.32. The van der Waals surface area contributed by atoms with Gasteiger partial charge in [-0.05, 0) is 29.7 Å². The van der Waals surface area contributed by atoms with Crippen LogP contribution in [0.5, 0.6) is 0 Å². The summed E-state index contributed by atoms with van der Waals surface area (Å²) < 4.78 is 1.16. The predicted octanol–water partition coefficient (Wildman–Crippen LogP) is 3.15.